The molecule has 21 heavy (non-hydrogen) atoms. The van der Waals surface area contributed by atoms with Crippen LogP contribution in [0, 0.1) is 5.92 Å². The van der Waals surface area contributed by atoms with Crippen molar-refractivity contribution in [2.45, 2.75) is 58.4 Å². The van der Waals surface area contributed by atoms with Gasteiger partial charge in [-0.25, -0.2) is 0 Å². The Morgan fingerprint density at radius 2 is 2.10 bits per heavy atom. The van der Waals surface area contributed by atoms with E-state index < -0.39 is 0 Å². The third-order valence-corrected chi connectivity index (χ3v) is 4.56. The Bertz CT molecular complexity index is 404. The van der Waals surface area contributed by atoms with Gasteiger partial charge in [0.15, 0.2) is 0 Å². The first-order valence-electron chi connectivity index (χ1n) is 8.75. The molecule has 2 nitrogen and oxygen atoms in total. The van der Waals surface area contributed by atoms with E-state index in [-0.39, 0.29) is 0 Å². The fourth-order valence-electron chi connectivity index (χ4n) is 3.52. The highest BCUT2D eigenvalue weighted by Gasteiger charge is 2.26. The normalized spacial score (nSPS) is 21.8. The van der Waals surface area contributed by atoms with Gasteiger partial charge in [-0.05, 0) is 69.0 Å². The molecule has 0 aromatic heterocycles. The van der Waals surface area contributed by atoms with Crippen LogP contribution in [-0.2, 0) is 11.2 Å². The molecule has 0 spiro atoms. The van der Waals surface area contributed by atoms with Crippen LogP contribution >= 0.6 is 0 Å². The van der Waals surface area contributed by atoms with Crippen LogP contribution in [-0.4, -0.2) is 19.8 Å². The third-order valence-electron chi connectivity index (χ3n) is 4.56. The minimum absolute atomic E-state index is 0.533. The van der Waals surface area contributed by atoms with Crippen molar-refractivity contribution in [2.75, 3.05) is 19.8 Å². The molecule has 1 aromatic rings. The highest BCUT2D eigenvalue weighted by molar-refractivity contribution is 5.31. The second-order valence-corrected chi connectivity index (χ2v) is 6.12. The molecule has 0 aliphatic heterocycles. The quantitative estimate of drug-likeness (QED) is 0.562. The summed E-state index contributed by atoms with van der Waals surface area (Å²) in [4.78, 5) is 0. The molecular weight excluding hydrogens is 258 g/mol. The van der Waals surface area contributed by atoms with Crippen LogP contribution in [0.2, 0.25) is 0 Å². The van der Waals surface area contributed by atoms with Crippen molar-refractivity contribution in [2.24, 2.45) is 5.92 Å². The van der Waals surface area contributed by atoms with Crippen molar-refractivity contribution >= 4 is 0 Å². The first kappa shape index (κ1) is 16.5. The lowest BCUT2D eigenvalue weighted by atomic mass is 9.87. The van der Waals surface area contributed by atoms with Crippen molar-refractivity contribution in [3.63, 3.8) is 0 Å². The van der Waals surface area contributed by atoms with Crippen molar-refractivity contribution in [3.8, 4) is 0 Å². The summed E-state index contributed by atoms with van der Waals surface area (Å²) in [5.41, 5.74) is 3.10. The van der Waals surface area contributed by atoms with Crippen molar-refractivity contribution in [1.29, 1.82) is 0 Å². The summed E-state index contributed by atoms with van der Waals surface area (Å²) in [7, 11) is 0. The summed E-state index contributed by atoms with van der Waals surface area (Å²) < 4.78 is 5.52. The molecule has 0 saturated heterocycles. The Morgan fingerprint density at radius 3 is 2.90 bits per heavy atom. The monoisotopic (exact) mass is 289 g/mol. The van der Waals surface area contributed by atoms with Gasteiger partial charge in [0.1, 0.15) is 0 Å². The number of rotatable bonds is 8. The molecule has 2 unspecified atom stereocenters. The lowest BCUT2D eigenvalue weighted by Gasteiger charge is -2.28. The van der Waals surface area contributed by atoms with Gasteiger partial charge in [0, 0.05) is 19.3 Å². The highest BCUT2D eigenvalue weighted by Crippen LogP contribution is 2.35. The Morgan fingerprint density at radius 1 is 1.24 bits per heavy atom. The topological polar surface area (TPSA) is 21.3 Å². The fraction of sp³-hybridized carbons (Fsp3) is 0.684. The van der Waals surface area contributed by atoms with Gasteiger partial charge in [-0.3, -0.25) is 0 Å². The first-order valence-corrected chi connectivity index (χ1v) is 8.75. The molecule has 2 rings (SSSR count). The molecule has 1 aromatic carbocycles. The summed E-state index contributed by atoms with van der Waals surface area (Å²) in [5, 5.41) is 3.82. The Balaban J connectivity index is 2.06. The van der Waals surface area contributed by atoms with Crippen LogP contribution in [0.25, 0.3) is 0 Å². The molecule has 0 heterocycles. The number of hydrogen-bond donors (Lipinski definition) is 1. The van der Waals surface area contributed by atoms with Gasteiger partial charge in [0.05, 0.1) is 0 Å². The highest BCUT2D eigenvalue weighted by atomic mass is 16.5. The predicted molar refractivity (Wildman–Crippen MR) is 89.6 cm³/mol. The lowest BCUT2D eigenvalue weighted by molar-refractivity contribution is 0.136. The number of benzene rings is 1. The molecule has 2 heteroatoms. The number of ether oxygens (including phenoxy) is 1. The van der Waals surface area contributed by atoms with Crippen molar-refractivity contribution in [1.82, 2.24) is 5.32 Å². The van der Waals surface area contributed by atoms with Crippen LogP contribution in [0.1, 0.15) is 63.1 Å². The second kappa shape index (κ2) is 9.22. The summed E-state index contributed by atoms with van der Waals surface area (Å²) >= 11 is 0. The van der Waals surface area contributed by atoms with Gasteiger partial charge in [0.25, 0.3) is 0 Å². The second-order valence-electron chi connectivity index (χ2n) is 6.12. The Labute approximate surface area is 130 Å². The van der Waals surface area contributed by atoms with E-state index in [1.54, 1.807) is 11.1 Å². The van der Waals surface area contributed by atoms with Crippen molar-refractivity contribution < 1.29 is 4.74 Å². The molecule has 118 valence electrons. The van der Waals surface area contributed by atoms with Gasteiger partial charge < -0.3 is 10.1 Å². The Hall–Kier alpha value is -0.860. The maximum atomic E-state index is 5.52. The first-order chi connectivity index (χ1) is 10.4. The van der Waals surface area contributed by atoms with E-state index in [4.69, 9.17) is 4.74 Å². The predicted octanol–water partition coefficient (Wildman–Crippen LogP) is 4.50. The van der Waals surface area contributed by atoms with E-state index in [1.807, 2.05) is 0 Å². The van der Waals surface area contributed by atoms with Crippen LogP contribution in [0.5, 0.6) is 0 Å². The maximum Gasteiger partial charge on any atom is 0.0466 e. The molecule has 1 aliphatic rings. The summed E-state index contributed by atoms with van der Waals surface area (Å²) in [6.45, 7) is 7.19. The molecule has 0 amide bonds. The van der Waals surface area contributed by atoms with Crippen molar-refractivity contribution in [3.05, 3.63) is 35.4 Å². The zero-order valence-corrected chi connectivity index (χ0v) is 13.7. The third kappa shape index (κ3) is 4.82. The Kier molecular flexibility index (Phi) is 7.25. The molecule has 0 bridgehead atoms. The van der Waals surface area contributed by atoms with Gasteiger partial charge >= 0.3 is 0 Å². The average molecular weight is 289 g/mol. The van der Waals surface area contributed by atoms with Crippen LogP contribution in [0.3, 0.4) is 0 Å². The van der Waals surface area contributed by atoms with Gasteiger partial charge in [-0.2, -0.15) is 0 Å². The largest absolute Gasteiger partial charge is 0.382 e. The van der Waals surface area contributed by atoms with Gasteiger partial charge in [-0.1, -0.05) is 31.2 Å². The lowest BCUT2D eigenvalue weighted by Crippen LogP contribution is -2.29. The average Bonchev–Trinajstić information content (AvgIpc) is 2.69. The van der Waals surface area contributed by atoms with E-state index in [9.17, 15) is 0 Å². The van der Waals surface area contributed by atoms with Crippen LogP contribution < -0.4 is 5.32 Å². The minimum Gasteiger partial charge on any atom is -0.382 e. The van der Waals surface area contributed by atoms with E-state index >= 15 is 0 Å². The molecule has 0 fully saturated rings. The SMILES string of the molecule is CCCNC1c2ccccc2CCCC1CCCOCC. The number of nitrogens with one attached hydrogen (secondary N) is 1. The standard InChI is InChI=1S/C19H31NO/c1-3-14-20-19-17(12-8-15-21-4-2)11-7-10-16-9-5-6-13-18(16)19/h5-6,9,13,17,19-20H,3-4,7-8,10-12,14-15H2,1-2H3. The summed E-state index contributed by atoms with van der Waals surface area (Å²) in [6, 6.07) is 9.57. The molecule has 0 radical (unpaired) electrons. The molecule has 1 N–H and O–H groups in total. The summed E-state index contributed by atoms with van der Waals surface area (Å²) in [5.74, 6) is 0.751. The van der Waals surface area contributed by atoms with Crippen LogP contribution in [0.4, 0.5) is 0 Å². The van der Waals surface area contributed by atoms with E-state index in [0.29, 0.717) is 6.04 Å². The van der Waals surface area contributed by atoms with E-state index in [1.165, 1.54) is 38.5 Å². The zero-order valence-electron chi connectivity index (χ0n) is 13.7. The van der Waals surface area contributed by atoms with Crippen LogP contribution in [0.15, 0.2) is 24.3 Å². The molecule has 1 aliphatic carbocycles. The van der Waals surface area contributed by atoms with Gasteiger partial charge in [-0.15, -0.1) is 0 Å². The fourth-order valence-corrected chi connectivity index (χ4v) is 3.52. The van der Waals surface area contributed by atoms with E-state index in [0.717, 1.165) is 25.7 Å². The number of fused-ring (bicyclic) bond motifs is 1. The van der Waals surface area contributed by atoms with E-state index in [2.05, 4.69) is 43.4 Å². The molecule has 2 atom stereocenters. The maximum absolute atomic E-state index is 5.52. The molecular formula is C19H31NO. The smallest absolute Gasteiger partial charge is 0.0466 e. The zero-order chi connectivity index (χ0) is 14.9. The van der Waals surface area contributed by atoms with Gasteiger partial charge in [0.2, 0.25) is 0 Å². The molecule has 0 saturated carbocycles. The number of aryl methyl sites for hydroxylation is 1. The minimum atomic E-state index is 0.533. The summed E-state index contributed by atoms with van der Waals surface area (Å²) in [6.07, 6.45) is 7.55. The number of hydrogen-bond acceptors (Lipinski definition) is 2.